The van der Waals surface area contributed by atoms with Gasteiger partial charge in [-0.1, -0.05) is 11.6 Å². The van der Waals surface area contributed by atoms with Crippen LogP contribution in [0.3, 0.4) is 0 Å². The minimum absolute atomic E-state index is 0. The van der Waals surface area contributed by atoms with E-state index in [1.807, 2.05) is 0 Å². The van der Waals surface area contributed by atoms with E-state index in [9.17, 15) is 0 Å². The highest BCUT2D eigenvalue weighted by molar-refractivity contribution is 6.33. The molecule has 1 aliphatic heterocycles. The number of anilines is 2. The Bertz CT molecular complexity index is 332. The van der Waals surface area contributed by atoms with Crippen molar-refractivity contribution in [2.45, 2.75) is 0 Å². The van der Waals surface area contributed by atoms with E-state index in [-0.39, 0.29) is 24.8 Å². The molecule has 0 saturated carbocycles. The number of morpholine rings is 1. The highest BCUT2D eigenvalue weighted by Gasteiger charge is 2.15. The molecule has 4 nitrogen and oxygen atoms in total. The van der Waals surface area contributed by atoms with Crippen LogP contribution in [0.4, 0.5) is 11.5 Å². The number of nitrogen functional groups attached to an aromatic ring is 1. The number of nitrogens with two attached hydrogens (primary N) is 1. The van der Waals surface area contributed by atoms with Crippen LogP contribution in [0.2, 0.25) is 5.02 Å². The molecule has 16 heavy (non-hydrogen) atoms. The lowest BCUT2D eigenvalue weighted by atomic mass is 10.3. The van der Waals surface area contributed by atoms with Crippen molar-refractivity contribution in [3.63, 3.8) is 0 Å². The minimum Gasteiger partial charge on any atom is -0.397 e. The summed E-state index contributed by atoms with van der Waals surface area (Å²) in [7, 11) is 0. The molecule has 0 bridgehead atoms. The molecule has 2 N–H and O–H groups in total. The maximum atomic E-state index is 6.04. The van der Waals surface area contributed by atoms with E-state index in [0.717, 1.165) is 32.1 Å². The summed E-state index contributed by atoms with van der Waals surface area (Å²) in [6.07, 6.45) is 1.62. The average molecular weight is 287 g/mol. The summed E-state index contributed by atoms with van der Waals surface area (Å²) in [5.74, 6) is 0.796. The largest absolute Gasteiger partial charge is 0.397 e. The first-order valence-electron chi connectivity index (χ1n) is 4.51. The quantitative estimate of drug-likeness (QED) is 0.858. The predicted octanol–water partition coefficient (Wildman–Crippen LogP) is 2.00. The third-order valence-electron chi connectivity index (χ3n) is 2.15. The molecule has 1 fully saturated rings. The van der Waals surface area contributed by atoms with Crippen LogP contribution in [0.5, 0.6) is 0 Å². The van der Waals surface area contributed by atoms with Gasteiger partial charge in [-0.25, -0.2) is 4.98 Å². The van der Waals surface area contributed by atoms with E-state index < -0.39 is 0 Å². The maximum absolute atomic E-state index is 6.04. The van der Waals surface area contributed by atoms with Gasteiger partial charge in [0, 0.05) is 13.1 Å². The SMILES string of the molecule is Cl.Cl.Nc1cnc(N2CCOCC2)c(Cl)c1. The van der Waals surface area contributed by atoms with Gasteiger partial charge in [0.15, 0.2) is 0 Å². The fraction of sp³-hybridized carbons (Fsp3) is 0.444. The van der Waals surface area contributed by atoms with Gasteiger partial charge >= 0.3 is 0 Å². The van der Waals surface area contributed by atoms with Gasteiger partial charge < -0.3 is 15.4 Å². The second-order valence-electron chi connectivity index (χ2n) is 3.17. The van der Waals surface area contributed by atoms with Crippen LogP contribution in [0.15, 0.2) is 12.3 Å². The fourth-order valence-corrected chi connectivity index (χ4v) is 1.75. The average Bonchev–Trinajstić information content (AvgIpc) is 2.19. The zero-order chi connectivity index (χ0) is 9.97. The van der Waals surface area contributed by atoms with Crippen molar-refractivity contribution < 1.29 is 4.74 Å². The summed E-state index contributed by atoms with van der Waals surface area (Å²) in [4.78, 5) is 6.32. The van der Waals surface area contributed by atoms with E-state index in [4.69, 9.17) is 22.1 Å². The Morgan fingerprint density at radius 3 is 2.50 bits per heavy atom. The number of hydrogen-bond acceptors (Lipinski definition) is 4. The Morgan fingerprint density at radius 1 is 1.31 bits per heavy atom. The summed E-state index contributed by atoms with van der Waals surface area (Å²) >= 11 is 6.04. The molecule has 0 unspecified atom stereocenters. The van der Waals surface area contributed by atoms with Crippen molar-refractivity contribution >= 4 is 47.9 Å². The molecule has 1 aromatic rings. The van der Waals surface area contributed by atoms with Crippen LogP contribution < -0.4 is 10.6 Å². The second-order valence-corrected chi connectivity index (χ2v) is 3.58. The number of hydrogen-bond donors (Lipinski definition) is 1. The molecule has 1 saturated heterocycles. The van der Waals surface area contributed by atoms with E-state index in [1.54, 1.807) is 12.3 Å². The zero-order valence-electron chi connectivity index (χ0n) is 8.56. The fourth-order valence-electron chi connectivity index (χ4n) is 1.45. The standard InChI is InChI=1S/C9H12ClN3O.2ClH/c10-8-5-7(11)6-12-9(8)13-1-3-14-4-2-13;;/h5-6H,1-4,11H2;2*1H. The molecule has 1 aliphatic rings. The Balaban J connectivity index is 0.00000112. The lowest BCUT2D eigenvalue weighted by Crippen LogP contribution is -2.36. The van der Waals surface area contributed by atoms with Gasteiger partial charge in [0.25, 0.3) is 0 Å². The lowest BCUT2D eigenvalue weighted by Gasteiger charge is -2.28. The van der Waals surface area contributed by atoms with Gasteiger partial charge in [-0.2, -0.15) is 0 Å². The molecule has 0 amide bonds. The van der Waals surface area contributed by atoms with Gasteiger partial charge in [-0.05, 0) is 6.07 Å². The molecular formula is C9H14Cl3N3O. The summed E-state index contributed by atoms with van der Waals surface area (Å²) in [5.41, 5.74) is 6.16. The van der Waals surface area contributed by atoms with Gasteiger partial charge in [-0.3, -0.25) is 0 Å². The Labute approximate surface area is 112 Å². The van der Waals surface area contributed by atoms with E-state index in [2.05, 4.69) is 9.88 Å². The smallest absolute Gasteiger partial charge is 0.147 e. The third kappa shape index (κ3) is 3.56. The molecule has 0 spiro atoms. The number of nitrogens with zero attached hydrogens (tertiary/aromatic N) is 2. The Hall–Kier alpha value is -0.420. The molecule has 2 rings (SSSR count). The summed E-state index contributed by atoms with van der Waals surface area (Å²) in [5, 5.41) is 0.604. The Morgan fingerprint density at radius 2 is 1.94 bits per heavy atom. The molecule has 2 heterocycles. The monoisotopic (exact) mass is 285 g/mol. The minimum atomic E-state index is 0. The molecule has 0 aliphatic carbocycles. The molecule has 1 aromatic heterocycles. The molecular weight excluding hydrogens is 272 g/mol. The van der Waals surface area contributed by atoms with Gasteiger partial charge in [-0.15, -0.1) is 24.8 Å². The van der Waals surface area contributed by atoms with Crippen LogP contribution in [0, 0.1) is 0 Å². The van der Waals surface area contributed by atoms with E-state index in [1.165, 1.54) is 0 Å². The molecule has 0 radical (unpaired) electrons. The number of aromatic nitrogens is 1. The van der Waals surface area contributed by atoms with Crippen LogP contribution in [-0.4, -0.2) is 31.3 Å². The van der Waals surface area contributed by atoms with Crippen molar-refractivity contribution in [3.05, 3.63) is 17.3 Å². The van der Waals surface area contributed by atoms with Crippen molar-refractivity contribution in [1.29, 1.82) is 0 Å². The Kier molecular flexibility index (Phi) is 6.83. The highest BCUT2D eigenvalue weighted by Crippen LogP contribution is 2.25. The summed E-state index contributed by atoms with van der Waals surface area (Å²) in [6.45, 7) is 3.11. The number of ether oxygens (including phenoxy) is 1. The van der Waals surface area contributed by atoms with Gasteiger partial charge in [0.2, 0.25) is 0 Å². The van der Waals surface area contributed by atoms with Crippen molar-refractivity contribution in [2.24, 2.45) is 0 Å². The van der Waals surface area contributed by atoms with Crippen LogP contribution in [0.1, 0.15) is 0 Å². The normalized spacial score (nSPS) is 14.9. The first-order valence-corrected chi connectivity index (χ1v) is 4.89. The third-order valence-corrected chi connectivity index (χ3v) is 2.43. The van der Waals surface area contributed by atoms with Crippen LogP contribution in [0.25, 0.3) is 0 Å². The zero-order valence-corrected chi connectivity index (χ0v) is 10.9. The lowest BCUT2D eigenvalue weighted by molar-refractivity contribution is 0.122. The second kappa shape index (κ2) is 7.01. The molecule has 0 aromatic carbocycles. The molecule has 92 valence electrons. The predicted molar refractivity (Wildman–Crippen MR) is 71.2 cm³/mol. The summed E-state index contributed by atoms with van der Waals surface area (Å²) in [6, 6.07) is 1.72. The first kappa shape index (κ1) is 15.6. The van der Waals surface area contributed by atoms with Crippen molar-refractivity contribution in [2.75, 3.05) is 36.9 Å². The maximum Gasteiger partial charge on any atom is 0.147 e. The van der Waals surface area contributed by atoms with E-state index >= 15 is 0 Å². The van der Waals surface area contributed by atoms with Crippen molar-refractivity contribution in [3.8, 4) is 0 Å². The van der Waals surface area contributed by atoms with E-state index in [0.29, 0.717) is 10.7 Å². The number of rotatable bonds is 1. The first-order chi connectivity index (χ1) is 6.77. The van der Waals surface area contributed by atoms with Crippen LogP contribution >= 0.6 is 36.4 Å². The van der Waals surface area contributed by atoms with Gasteiger partial charge in [0.05, 0.1) is 30.1 Å². The number of halogens is 3. The number of pyridine rings is 1. The topological polar surface area (TPSA) is 51.4 Å². The highest BCUT2D eigenvalue weighted by atomic mass is 35.5. The summed E-state index contributed by atoms with van der Waals surface area (Å²) < 4.78 is 5.25. The molecule has 0 atom stereocenters. The van der Waals surface area contributed by atoms with Gasteiger partial charge in [0.1, 0.15) is 5.82 Å². The van der Waals surface area contributed by atoms with Crippen molar-refractivity contribution in [1.82, 2.24) is 4.98 Å². The van der Waals surface area contributed by atoms with Crippen LogP contribution in [-0.2, 0) is 4.74 Å². The molecule has 7 heteroatoms.